The highest BCUT2D eigenvalue weighted by atomic mass is 16.2. The molecule has 2 heterocycles. The van der Waals surface area contributed by atoms with Crippen LogP contribution in [0.2, 0.25) is 0 Å². The van der Waals surface area contributed by atoms with E-state index in [4.69, 9.17) is 0 Å². The number of nitrogens with one attached hydrogen (secondary N) is 1. The van der Waals surface area contributed by atoms with Crippen molar-refractivity contribution in [1.82, 2.24) is 15.1 Å². The van der Waals surface area contributed by atoms with E-state index < -0.39 is 0 Å². The second-order valence-electron chi connectivity index (χ2n) is 7.45. The number of amides is 3. The van der Waals surface area contributed by atoms with Gasteiger partial charge in [-0.15, -0.1) is 0 Å². The topological polar surface area (TPSA) is 69.7 Å². The molecule has 6 heteroatoms. The molecule has 3 amide bonds. The van der Waals surface area contributed by atoms with Gasteiger partial charge in [-0.3, -0.25) is 24.2 Å². The summed E-state index contributed by atoms with van der Waals surface area (Å²) in [4.78, 5) is 40.3. The fourth-order valence-corrected chi connectivity index (χ4v) is 3.76. The average Bonchev–Trinajstić information content (AvgIpc) is 2.89. The number of likely N-dealkylation sites (tertiary alicyclic amines) is 1. The number of benzene rings is 1. The SMILES string of the molecule is CC1CCCN(C(C)CNC(=O)CCN2C(=O)c3ccccc3C2=O)C1. The quantitative estimate of drug-likeness (QED) is 0.790. The molecule has 26 heavy (non-hydrogen) atoms. The Morgan fingerprint density at radius 3 is 2.50 bits per heavy atom. The van der Waals surface area contributed by atoms with Crippen molar-refractivity contribution in [2.45, 2.75) is 39.2 Å². The van der Waals surface area contributed by atoms with Crippen LogP contribution in [0, 0.1) is 5.92 Å². The van der Waals surface area contributed by atoms with Crippen molar-refractivity contribution in [2.75, 3.05) is 26.2 Å². The molecular weight excluding hydrogens is 330 g/mol. The predicted molar refractivity (Wildman–Crippen MR) is 98.9 cm³/mol. The normalized spacial score (nSPS) is 21.6. The van der Waals surface area contributed by atoms with Crippen LogP contribution < -0.4 is 5.32 Å². The number of imide groups is 1. The number of fused-ring (bicyclic) bond motifs is 1. The first-order valence-electron chi connectivity index (χ1n) is 9.43. The number of carbonyl (C=O) groups is 3. The third kappa shape index (κ3) is 3.96. The van der Waals surface area contributed by atoms with E-state index in [0.717, 1.165) is 13.1 Å². The highest BCUT2D eigenvalue weighted by Gasteiger charge is 2.35. The summed E-state index contributed by atoms with van der Waals surface area (Å²) < 4.78 is 0. The summed E-state index contributed by atoms with van der Waals surface area (Å²) in [6.07, 6.45) is 2.61. The first-order valence-corrected chi connectivity index (χ1v) is 9.43. The molecule has 2 aliphatic heterocycles. The zero-order valence-electron chi connectivity index (χ0n) is 15.5. The lowest BCUT2D eigenvalue weighted by Gasteiger charge is -2.35. The molecule has 140 valence electrons. The van der Waals surface area contributed by atoms with Gasteiger partial charge < -0.3 is 5.32 Å². The van der Waals surface area contributed by atoms with Crippen molar-refractivity contribution in [2.24, 2.45) is 5.92 Å². The van der Waals surface area contributed by atoms with Crippen molar-refractivity contribution in [1.29, 1.82) is 0 Å². The molecule has 2 unspecified atom stereocenters. The molecule has 0 aromatic heterocycles. The minimum absolute atomic E-state index is 0.118. The first kappa shape index (κ1) is 18.6. The molecule has 0 saturated carbocycles. The highest BCUT2D eigenvalue weighted by Crippen LogP contribution is 2.22. The number of rotatable bonds is 6. The molecule has 0 bridgehead atoms. The molecule has 2 atom stereocenters. The van der Waals surface area contributed by atoms with Crippen LogP contribution in [0.25, 0.3) is 0 Å². The second-order valence-corrected chi connectivity index (χ2v) is 7.45. The van der Waals surface area contributed by atoms with Gasteiger partial charge in [-0.2, -0.15) is 0 Å². The zero-order chi connectivity index (χ0) is 18.7. The van der Waals surface area contributed by atoms with Crippen LogP contribution in [0.5, 0.6) is 0 Å². The van der Waals surface area contributed by atoms with Crippen molar-refractivity contribution >= 4 is 17.7 Å². The number of hydrogen-bond acceptors (Lipinski definition) is 4. The van der Waals surface area contributed by atoms with Crippen LogP contribution >= 0.6 is 0 Å². The molecule has 1 aromatic rings. The standard InChI is InChI=1S/C20H27N3O3/c1-14-6-5-10-22(13-14)15(2)12-21-18(24)9-11-23-19(25)16-7-3-4-8-17(16)20(23)26/h3-4,7-8,14-15H,5-6,9-13H2,1-2H3,(H,21,24). The molecule has 1 aromatic carbocycles. The number of carbonyl (C=O) groups excluding carboxylic acids is 3. The Labute approximate surface area is 154 Å². The van der Waals surface area contributed by atoms with Gasteiger partial charge >= 0.3 is 0 Å². The maximum Gasteiger partial charge on any atom is 0.261 e. The van der Waals surface area contributed by atoms with Gasteiger partial charge in [0.25, 0.3) is 11.8 Å². The minimum atomic E-state index is -0.311. The fraction of sp³-hybridized carbons (Fsp3) is 0.550. The number of hydrogen-bond donors (Lipinski definition) is 1. The first-order chi connectivity index (χ1) is 12.5. The average molecular weight is 357 g/mol. The van der Waals surface area contributed by atoms with E-state index in [-0.39, 0.29) is 30.7 Å². The van der Waals surface area contributed by atoms with Crippen LogP contribution in [0.1, 0.15) is 53.8 Å². The van der Waals surface area contributed by atoms with E-state index in [9.17, 15) is 14.4 Å². The highest BCUT2D eigenvalue weighted by molar-refractivity contribution is 6.21. The van der Waals surface area contributed by atoms with E-state index in [2.05, 4.69) is 24.1 Å². The summed E-state index contributed by atoms with van der Waals surface area (Å²) in [5.41, 5.74) is 0.844. The maximum absolute atomic E-state index is 12.3. The molecule has 1 fully saturated rings. The van der Waals surface area contributed by atoms with E-state index in [1.54, 1.807) is 24.3 Å². The fourth-order valence-electron chi connectivity index (χ4n) is 3.76. The molecule has 0 radical (unpaired) electrons. The molecule has 0 aliphatic carbocycles. The third-order valence-electron chi connectivity index (χ3n) is 5.35. The summed E-state index contributed by atoms with van der Waals surface area (Å²) in [7, 11) is 0. The molecular formula is C20H27N3O3. The largest absolute Gasteiger partial charge is 0.354 e. The van der Waals surface area contributed by atoms with Gasteiger partial charge in [0.1, 0.15) is 0 Å². The maximum atomic E-state index is 12.3. The number of nitrogens with zero attached hydrogens (tertiary/aromatic N) is 2. The Bertz CT molecular complexity index is 668. The predicted octanol–water partition coefficient (Wildman–Crippen LogP) is 1.91. The molecule has 2 aliphatic rings. The van der Waals surface area contributed by atoms with E-state index in [1.807, 2.05) is 0 Å². The molecule has 0 spiro atoms. The van der Waals surface area contributed by atoms with Crippen LogP contribution in [0.4, 0.5) is 0 Å². The van der Waals surface area contributed by atoms with Crippen molar-refractivity contribution in [3.8, 4) is 0 Å². The lowest BCUT2D eigenvalue weighted by molar-refractivity contribution is -0.121. The Hall–Kier alpha value is -2.21. The minimum Gasteiger partial charge on any atom is -0.354 e. The van der Waals surface area contributed by atoms with Gasteiger partial charge in [0.05, 0.1) is 11.1 Å². The van der Waals surface area contributed by atoms with Crippen molar-refractivity contribution < 1.29 is 14.4 Å². The second kappa shape index (κ2) is 7.99. The summed E-state index contributed by atoms with van der Waals surface area (Å²) in [6.45, 7) is 7.26. The Morgan fingerprint density at radius 2 is 1.88 bits per heavy atom. The van der Waals surface area contributed by atoms with Gasteiger partial charge in [-0.1, -0.05) is 19.1 Å². The van der Waals surface area contributed by atoms with Crippen LogP contribution in [-0.4, -0.2) is 59.7 Å². The summed E-state index contributed by atoms with van der Waals surface area (Å²) in [5, 5.41) is 2.94. The lowest BCUT2D eigenvalue weighted by Crippen LogP contribution is -2.46. The van der Waals surface area contributed by atoms with Gasteiger partial charge in [-0.05, 0) is 44.4 Å². The Balaban J connectivity index is 1.45. The summed E-state index contributed by atoms with van der Waals surface area (Å²) >= 11 is 0. The van der Waals surface area contributed by atoms with E-state index in [0.29, 0.717) is 29.6 Å². The monoisotopic (exact) mass is 357 g/mol. The van der Waals surface area contributed by atoms with Crippen LogP contribution in [-0.2, 0) is 4.79 Å². The van der Waals surface area contributed by atoms with Gasteiger partial charge in [0, 0.05) is 32.1 Å². The number of piperidine rings is 1. The van der Waals surface area contributed by atoms with Gasteiger partial charge in [0.2, 0.25) is 5.91 Å². The van der Waals surface area contributed by atoms with Gasteiger partial charge in [-0.25, -0.2) is 0 Å². The van der Waals surface area contributed by atoms with Crippen LogP contribution in [0.15, 0.2) is 24.3 Å². The third-order valence-corrected chi connectivity index (χ3v) is 5.35. The van der Waals surface area contributed by atoms with Crippen LogP contribution in [0.3, 0.4) is 0 Å². The van der Waals surface area contributed by atoms with E-state index in [1.165, 1.54) is 17.7 Å². The lowest BCUT2D eigenvalue weighted by atomic mass is 9.99. The summed E-state index contributed by atoms with van der Waals surface area (Å²) in [6, 6.07) is 7.07. The van der Waals surface area contributed by atoms with Crippen molar-refractivity contribution in [3.05, 3.63) is 35.4 Å². The van der Waals surface area contributed by atoms with E-state index >= 15 is 0 Å². The zero-order valence-corrected chi connectivity index (χ0v) is 15.5. The molecule has 6 nitrogen and oxygen atoms in total. The summed E-state index contributed by atoms with van der Waals surface area (Å²) in [5.74, 6) is -0.0441. The Morgan fingerprint density at radius 1 is 1.23 bits per heavy atom. The Kier molecular flexibility index (Phi) is 5.71. The smallest absolute Gasteiger partial charge is 0.261 e. The van der Waals surface area contributed by atoms with Crippen molar-refractivity contribution in [3.63, 3.8) is 0 Å². The van der Waals surface area contributed by atoms with Gasteiger partial charge in [0.15, 0.2) is 0 Å². The molecule has 1 N–H and O–H groups in total. The molecule has 3 rings (SSSR count). The molecule has 1 saturated heterocycles.